The van der Waals surface area contributed by atoms with E-state index in [1.165, 1.54) is 51.0 Å². The summed E-state index contributed by atoms with van der Waals surface area (Å²) in [5.74, 6) is 0. The van der Waals surface area contributed by atoms with Gasteiger partial charge in [0.05, 0.1) is 13.2 Å². The van der Waals surface area contributed by atoms with Gasteiger partial charge in [-0.3, -0.25) is 9.11 Å². The molecule has 26 heavy (non-hydrogen) atoms. The van der Waals surface area contributed by atoms with Gasteiger partial charge in [0.1, 0.15) is 0 Å². The molecule has 0 bridgehead atoms. The van der Waals surface area contributed by atoms with Gasteiger partial charge in [-0.05, 0) is 6.42 Å². The molecule has 11 heteroatoms. The Morgan fingerprint density at radius 1 is 0.808 bits per heavy atom. The van der Waals surface area contributed by atoms with Gasteiger partial charge >= 0.3 is 50.4 Å². The van der Waals surface area contributed by atoms with Crippen LogP contribution in [0.15, 0.2) is 12.7 Å². The van der Waals surface area contributed by atoms with E-state index >= 15 is 0 Å². The maximum Gasteiger partial charge on any atom is 1.00 e. The fraction of sp³-hybridized carbons (Fsp3) is 0.867. The zero-order valence-electron chi connectivity index (χ0n) is 16.9. The van der Waals surface area contributed by atoms with Crippen LogP contribution in [0.3, 0.4) is 0 Å². The minimum Gasteiger partial charge on any atom is -1.00 e. The molecule has 2 N–H and O–H groups in total. The van der Waals surface area contributed by atoms with Crippen molar-refractivity contribution < 1.29 is 65.3 Å². The van der Waals surface area contributed by atoms with E-state index < -0.39 is 20.8 Å². The second-order valence-electron chi connectivity index (χ2n) is 5.43. The smallest absolute Gasteiger partial charge is 1.00 e. The Balaban J connectivity index is -0.000000226. The van der Waals surface area contributed by atoms with Crippen LogP contribution in [0, 0.1) is 0 Å². The summed E-state index contributed by atoms with van der Waals surface area (Å²) in [7, 11) is -8.49. The number of rotatable bonds is 15. The molecule has 0 saturated heterocycles. The minimum absolute atomic E-state index is 0. The summed E-state index contributed by atoms with van der Waals surface area (Å²) in [6.45, 7) is 5.28. The Morgan fingerprint density at radius 2 is 1.19 bits per heavy atom. The molecule has 0 radical (unpaired) electrons. The molecule has 8 nitrogen and oxygen atoms in total. The SMILES string of the molecule is C=CCOS(=O)(=O)O.CCCCCCCCCCCCOS(=O)(=O)O.[H-].[Na+]. The molecule has 0 fully saturated rings. The largest absolute Gasteiger partial charge is 1.00 e. The summed E-state index contributed by atoms with van der Waals surface area (Å²) in [5, 5.41) is 0. The molecule has 0 aliphatic carbocycles. The normalized spacial score (nSPS) is 11.2. The molecule has 0 unspecified atom stereocenters. The predicted octanol–water partition coefficient (Wildman–Crippen LogP) is 0.835. The second-order valence-corrected chi connectivity index (χ2v) is 7.61. The van der Waals surface area contributed by atoms with Gasteiger partial charge in [0.25, 0.3) is 0 Å². The summed E-state index contributed by atoms with van der Waals surface area (Å²) in [6, 6.07) is 0. The molecule has 154 valence electrons. The standard InChI is InChI=1S/C12H26O4S.C3H6O4S.Na.H/c1-2-3-4-5-6-7-8-9-10-11-12-16-17(13,14)15;1-2-3-7-8(4,5)6;;/h2-12H2,1H3,(H,13,14,15);2H,1,3H2,(H,4,5,6);;/q;;+1;-1. The third-order valence-electron chi connectivity index (χ3n) is 3.06. The summed E-state index contributed by atoms with van der Waals surface area (Å²) < 4.78 is 64.0. The topological polar surface area (TPSA) is 127 Å². The van der Waals surface area contributed by atoms with E-state index in [1.807, 2.05) is 0 Å². The van der Waals surface area contributed by atoms with Crippen molar-refractivity contribution in [1.29, 1.82) is 0 Å². The van der Waals surface area contributed by atoms with Crippen molar-refractivity contribution in [2.45, 2.75) is 71.1 Å². The van der Waals surface area contributed by atoms with Gasteiger partial charge in [-0.25, -0.2) is 8.37 Å². The molecule has 0 atom stereocenters. The Hall–Kier alpha value is 0.480. The summed E-state index contributed by atoms with van der Waals surface area (Å²) >= 11 is 0. The number of unbranched alkanes of at least 4 members (excludes halogenated alkanes) is 9. The van der Waals surface area contributed by atoms with E-state index in [9.17, 15) is 16.8 Å². The van der Waals surface area contributed by atoms with Crippen LogP contribution >= 0.6 is 0 Å². The van der Waals surface area contributed by atoms with Gasteiger partial charge in [0.15, 0.2) is 0 Å². The summed E-state index contributed by atoms with van der Waals surface area (Å²) in [5.41, 5.74) is 0. The van der Waals surface area contributed by atoms with Gasteiger partial charge in [0, 0.05) is 0 Å². The zero-order chi connectivity index (χ0) is 19.6. The first-order chi connectivity index (χ1) is 11.6. The first-order valence-corrected chi connectivity index (χ1v) is 11.2. The van der Waals surface area contributed by atoms with E-state index in [2.05, 4.69) is 21.9 Å². The van der Waals surface area contributed by atoms with Crippen molar-refractivity contribution >= 4 is 20.8 Å². The van der Waals surface area contributed by atoms with E-state index in [-0.39, 0.29) is 44.2 Å². The molecular weight excluding hydrogens is 395 g/mol. The Labute approximate surface area is 182 Å². The number of hydrogen-bond acceptors (Lipinski definition) is 6. The van der Waals surface area contributed by atoms with Crippen LogP contribution < -0.4 is 29.6 Å². The van der Waals surface area contributed by atoms with Crippen molar-refractivity contribution in [2.24, 2.45) is 0 Å². The molecule has 0 spiro atoms. The third kappa shape index (κ3) is 35.6. The molecule has 0 saturated carbocycles. The molecule has 0 aromatic heterocycles. The van der Waals surface area contributed by atoms with E-state index in [4.69, 9.17) is 9.11 Å². The average molecular weight is 429 g/mol. The van der Waals surface area contributed by atoms with Gasteiger partial charge in [-0.2, -0.15) is 16.8 Å². The van der Waals surface area contributed by atoms with Gasteiger partial charge in [-0.15, -0.1) is 6.58 Å². The molecule has 0 aliphatic rings. The maximum atomic E-state index is 10.2. The summed E-state index contributed by atoms with van der Waals surface area (Å²) in [4.78, 5) is 0. The van der Waals surface area contributed by atoms with E-state index in [0.717, 1.165) is 12.8 Å². The third-order valence-corrected chi connectivity index (χ3v) is 3.96. The quantitative estimate of drug-likeness (QED) is 0.170. The fourth-order valence-corrected chi connectivity index (χ4v) is 2.48. The number of hydrogen-bond donors (Lipinski definition) is 2. The maximum absolute atomic E-state index is 10.2. The molecule has 0 rings (SSSR count). The molecule has 0 aliphatic heterocycles. The van der Waals surface area contributed by atoms with Crippen molar-refractivity contribution in [2.75, 3.05) is 13.2 Å². The van der Waals surface area contributed by atoms with Crippen LogP contribution in [0.5, 0.6) is 0 Å². The van der Waals surface area contributed by atoms with Crippen molar-refractivity contribution in [3.63, 3.8) is 0 Å². The Morgan fingerprint density at radius 3 is 1.50 bits per heavy atom. The van der Waals surface area contributed by atoms with Gasteiger partial charge in [-0.1, -0.05) is 70.8 Å². The first-order valence-electron chi connectivity index (χ1n) is 8.47. The average Bonchev–Trinajstić information content (AvgIpc) is 2.49. The minimum atomic E-state index is -4.26. The van der Waals surface area contributed by atoms with Crippen molar-refractivity contribution in [1.82, 2.24) is 0 Å². The Bertz CT molecular complexity index is 512. The van der Waals surface area contributed by atoms with Gasteiger partial charge < -0.3 is 1.43 Å². The van der Waals surface area contributed by atoms with Crippen LogP contribution in [-0.2, 0) is 29.2 Å². The zero-order valence-corrected chi connectivity index (χ0v) is 19.6. The van der Waals surface area contributed by atoms with Crippen LogP contribution in [0.2, 0.25) is 0 Å². The predicted molar refractivity (Wildman–Crippen MR) is 98.2 cm³/mol. The molecule has 0 heterocycles. The fourth-order valence-electron chi connectivity index (χ4n) is 1.89. The van der Waals surface area contributed by atoms with Crippen molar-refractivity contribution in [3.05, 3.63) is 12.7 Å². The van der Waals surface area contributed by atoms with Crippen molar-refractivity contribution in [3.8, 4) is 0 Å². The molecule has 0 aromatic rings. The second kappa shape index (κ2) is 20.2. The van der Waals surface area contributed by atoms with Crippen LogP contribution in [0.1, 0.15) is 72.6 Å². The summed E-state index contributed by atoms with van der Waals surface area (Å²) in [6.07, 6.45) is 13.1. The molecular formula is C15H33NaO8S2. The monoisotopic (exact) mass is 428 g/mol. The molecule has 0 amide bonds. The van der Waals surface area contributed by atoms with E-state index in [0.29, 0.717) is 6.42 Å². The van der Waals surface area contributed by atoms with Crippen LogP contribution in [0.4, 0.5) is 0 Å². The van der Waals surface area contributed by atoms with Crippen LogP contribution in [0.25, 0.3) is 0 Å². The van der Waals surface area contributed by atoms with E-state index in [1.54, 1.807) is 0 Å². The van der Waals surface area contributed by atoms with Crippen LogP contribution in [-0.4, -0.2) is 39.2 Å². The first kappa shape index (κ1) is 31.2. The molecule has 0 aromatic carbocycles. The Kier molecular flexibility index (Phi) is 24.3. The van der Waals surface area contributed by atoms with Gasteiger partial charge in [0.2, 0.25) is 0 Å².